The Kier molecular flexibility index (Phi) is 3.75. The highest BCUT2D eigenvalue weighted by atomic mass is 14.9. The molecule has 0 radical (unpaired) electrons. The maximum atomic E-state index is 4.73. The van der Waals surface area contributed by atoms with Crippen LogP contribution in [0, 0.1) is 5.41 Å². The van der Waals surface area contributed by atoms with Crippen LogP contribution in [0.3, 0.4) is 0 Å². The SMILES string of the molecule is CC1(C)CCC(NCc2ccc3ccccc3n2)CC1. The van der Waals surface area contributed by atoms with Crippen LogP contribution in [0.4, 0.5) is 0 Å². The van der Waals surface area contributed by atoms with Gasteiger partial charge in [0.1, 0.15) is 0 Å². The molecule has 0 aliphatic heterocycles. The third-order valence-electron chi connectivity index (χ3n) is 4.57. The Labute approximate surface area is 121 Å². The normalized spacial score (nSPS) is 19.3. The summed E-state index contributed by atoms with van der Waals surface area (Å²) < 4.78 is 0. The van der Waals surface area contributed by atoms with Gasteiger partial charge in [-0.05, 0) is 43.2 Å². The highest BCUT2D eigenvalue weighted by molar-refractivity contribution is 5.78. The van der Waals surface area contributed by atoms with Crippen molar-refractivity contribution in [1.29, 1.82) is 0 Å². The fourth-order valence-electron chi connectivity index (χ4n) is 3.06. The van der Waals surface area contributed by atoms with E-state index in [9.17, 15) is 0 Å². The number of hydrogen-bond donors (Lipinski definition) is 1. The van der Waals surface area contributed by atoms with Crippen LogP contribution in [0.2, 0.25) is 0 Å². The number of rotatable bonds is 3. The lowest BCUT2D eigenvalue weighted by Crippen LogP contribution is -2.35. The van der Waals surface area contributed by atoms with Gasteiger partial charge in [0.2, 0.25) is 0 Å². The lowest BCUT2D eigenvalue weighted by Gasteiger charge is -2.34. The molecule has 2 aromatic rings. The van der Waals surface area contributed by atoms with Gasteiger partial charge in [0.05, 0.1) is 11.2 Å². The van der Waals surface area contributed by atoms with Crippen molar-refractivity contribution in [2.24, 2.45) is 5.41 Å². The molecular formula is C18H24N2. The third kappa shape index (κ3) is 3.18. The third-order valence-corrected chi connectivity index (χ3v) is 4.57. The van der Waals surface area contributed by atoms with Crippen molar-refractivity contribution in [3.63, 3.8) is 0 Å². The summed E-state index contributed by atoms with van der Waals surface area (Å²) in [6.07, 6.45) is 5.24. The van der Waals surface area contributed by atoms with Crippen molar-refractivity contribution in [1.82, 2.24) is 10.3 Å². The Bertz CT molecular complexity index is 579. The zero-order chi connectivity index (χ0) is 14.0. The Balaban J connectivity index is 1.60. The summed E-state index contributed by atoms with van der Waals surface area (Å²) in [5, 5.41) is 4.90. The first-order chi connectivity index (χ1) is 9.62. The van der Waals surface area contributed by atoms with Crippen molar-refractivity contribution in [2.45, 2.75) is 52.1 Å². The Morgan fingerprint density at radius 3 is 2.65 bits per heavy atom. The van der Waals surface area contributed by atoms with Crippen LogP contribution in [0.5, 0.6) is 0 Å². The summed E-state index contributed by atoms with van der Waals surface area (Å²) in [7, 11) is 0. The van der Waals surface area contributed by atoms with E-state index < -0.39 is 0 Å². The lowest BCUT2D eigenvalue weighted by molar-refractivity contribution is 0.206. The number of nitrogens with zero attached hydrogens (tertiary/aromatic N) is 1. The standard InChI is InChI=1S/C18H24N2/c1-18(2)11-9-15(10-12-18)19-13-16-8-7-14-5-3-4-6-17(14)20-16/h3-8,15,19H,9-13H2,1-2H3. The molecule has 1 aromatic heterocycles. The van der Waals surface area contributed by atoms with E-state index >= 15 is 0 Å². The van der Waals surface area contributed by atoms with Gasteiger partial charge in [-0.3, -0.25) is 4.98 Å². The maximum absolute atomic E-state index is 4.73. The molecule has 1 aromatic carbocycles. The average molecular weight is 268 g/mol. The summed E-state index contributed by atoms with van der Waals surface area (Å²) >= 11 is 0. The average Bonchev–Trinajstić information content (AvgIpc) is 2.46. The molecule has 106 valence electrons. The molecule has 2 nitrogen and oxygen atoms in total. The van der Waals surface area contributed by atoms with E-state index in [1.54, 1.807) is 0 Å². The van der Waals surface area contributed by atoms with Crippen LogP contribution < -0.4 is 5.32 Å². The molecule has 1 N–H and O–H groups in total. The van der Waals surface area contributed by atoms with Crippen LogP contribution in [-0.2, 0) is 6.54 Å². The van der Waals surface area contributed by atoms with Crippen molar-refractivity contribution >= 4 is 10.9 Å². The number of hydrogen-bond acceptors (Lipinski definition) is 2. The molecule has 0 unspecified atom stereocenters. The Hall–Kier alpha value is -1.41. The minimum Gasteiger partial charge on any atom is -0.308 e. The van der Waals surface area contributed by atoms with E-state index in [0.29, 0.717) is 11.5 Å². The van der Waals surface area contributed by atoms with Gasteiger partial charge in [-0.1, -0.05) is 38.1 Å². The number of pyridine rings is 1. The Morgan fingerprint density at radius 2 is 1.85 bits per heavy atom. The van der Waals surface area contributed by atoms with Crippen LogP contribution in [0.15, 0.2) is 36.4 Å². The minimum atomic E-state index is 0.541. The minimum absolute atomic E-state index is 0.541. The summed E-state index contributed by atoms with van der Waals surface area (Å²) in [4.78, 5) is 4.73. The van der Waals surface area contributed by atoms with Gasteiger partial charge < -0.3 is 5.32 Å². The summed E-state index contributed by atoms with van der Waals surface area (Å²) in [5.74, 6) is 0. The first-order valence-electron chi connectivity index (χ1n) is 7.70. The predicted molar refractivity (Wildman–Crippen MR) is 84.6 cm³/mol. The van der Waals surface area contributed by atoms with Crippen LogP contribution >= 0.6 is 0 Å². The van der Waals surface area contributed by atoms with Crippen LogP contribution in [0.25, 0.3) is 10.9 Å². The monoisotopic (exact) mass is 268 g/mol. The number of benzene rings is 1. The zero-order valence-corrected chi connectivity index (χ0v) is 12.5. The second kappa shape index (κ2) is 5.53. The van der Waals surface area contributed by atoms with Crippen LogP contribution in [0.1, 0.15) is 45.2 Å². The maximum Gasteiger partial charge on any atom is 0.0705 e. The second-order valence-corrected chi connectivity index (χ2v) is 6.81. The van der Waals surface area contributed by atoms with Gasteiger partial charge in [0.25, 0.3) is 0 Å². The van der Waals surface area contributed by atoms with E-state index in [2.05, 4.69) is 55.6 Å². The van der Waals surface area contributed by atoms with E-state index in [4.69, 9.17) is 4.98 Å². The number of para-hydroxylation sites is 1. The van der Waals surface area contributed by atoms with Crippen molar-refractivity contribution in [2.75, 3.05) is 0 Å². The molecule has 1 heterocycles. The van der Waals surface area contributed by atoms with Gasteiger partial charge in [0, 0.05) is 18.0 Å². The van der Waals surface area contributed by atoms with Gasteiger partial charge >= 0.3 is 0 Å². The molecule has 1 aliphatic carbocycles. The smallest absolute Gasteiger partial charge is 0.0705 e. The second-order valence-electron chi connectivity index (χ2n) is 6.81. The number of fused-ring (bicyclic) bond motifs is 1. The molecule has 0 atom stereocenters. The van der Waals surface area contributed by atoms with Gasteiger partial charge in [0.15, 0.2) is 0 Å². The molecule has 20 heavy (non-hydrogen) atoms. The largest absolute Gasteiger partial charge is 0.308 e. The molecule has 1 saturated carbocycles. The quantitative estimate of drug-likeness (QED) is 0.898. The van der Waals surface area contributed by atoms with E-state index in [0.717, 1.165) is 17.8 Å². The summed E-state index contributed by atoms with van der Waals surface area (Å²) in [6.45, 7) is 5.65. The van der Waals surface area contributed by atoms with E-state index in [1.807, 2.05) is 0 Å². The Morgan fingerprint density at radius 1 is 1.10 bits per heavy atom. The molecule has 1 aliphatic rings. The van der Waals surface area contributed by atoms with Crippen molar-refractivity contribution in [3.05, 3.63) is 42.1 Å². The number of aromatic nitrogens is 1. The van der Waals surface area contributed by atoms with Gasteiger partial charge in [-0.2, -0.15) is 0 Å². The topological polar surface area (TPSA) is 24.9 Å². The molecule has 0 spiro atoms. The van der Waals surface area contributed by atoms with Gasteiger partial charge in [-0.25, -0.2) is 0 Å². The summed E-state index contributed by atoms with van der Waals surface area (Å²) in [6, 6.07) is 13.3. The highest BCUT2D eigenvalue weighted by Gasteiger charge is 2.26. The molecule has 0 amide bonds. The van der Waals surface area contributed by atoms with Crippen LogP contribution in [-0.4, -0.2) is 11.0 Å². The molecule has 2 heteroatoms. The molecule has 3 rings (SSSR count). The molecule has 0 bridgehead atoms. The molecule has 0 saturated heterocycles. The van der Waals surface area contributed by atoms with Gasteiger partial charge in [-0.15, -0.1) is 0 Å². The first-order valence-corrected chi connectivity index (χ1v) is 7.70. The highest BCUT2D eigenvalue weighted by Crippen LogP contribution is 2.35. The zero-order valence-electron chi connectivity index (χ0n) is 12.5. The fourth-order valence-corrected chi connectivity index (χ4v) is 3.06. The predicted octanol–water partition coefficient (Wildman–Crippen LogP) is 4.29. The summed E-state index contributed by atoms with van der Waals surface area (Å²) in [5.41, 5.74) is 2.78. The fraction of sp³-hybridized carbons (Fsp3) is 0.500. The van der Waals surface area contributed by atoms with Crippen molar-refractivity contribution in [3.8, 4) is 0 Å². The van der Waals surface area contributed by atoms with E-state index in [-0.39, 0.29) is 0 Å². The molecule has 1 fully saturated rings. The van der Waals surface area contributed by atoms with Crippen molar-refractivity contribution < 1.29 is 0 Å². The number of nitrogens with one attached hydrogen (secondary N) is 1. The first kappa shape index (κ1) is 13.6. The van der Waals surface area contributed by atoms with E-state index in [1.165, 1.54) is 31.1 Å². The molecular weight excluding hydrogens is 244 g/mol. The lowest BCUT2D eigenvalue weighted by atomic mass is 9.75.